The highest BCUT2D eigenvalue weighted by molar-refractivity contribution is 6.32. The maximum atomic E-state index is 11.6. The van der Waals surface area contributed by atoms with Crippen molar-refractivity contribution in [1.82, 2.24) is 5.01 Å². The quantitative estimate of drug-likeness (QED) is 0.499. The molecule has 0 fully saturated rings. The Morgan fingerprint density at radius 2 is 2.19 bits per heavy atom. The van der Waals surface area contributed by atoms with Gasteiger partial charge in [-0.1, -0.05) is 17.7 Å². The maximum Gasteiger partial charge on any atom is 0.243 e. The van der Waals surface area contributed by atoms with E-state index in [-0.39, 0.29) is 11.8 Å². The molecule has 0 radical (unpaired) electrons. The number of hydrazine groups is 1. The summed E-state index contributed by atoms with van der Waals surface area (Å²) in [5, 5.41) is 1.56. The molecule has 5 heteroatoms. The van der Waals surface area contributed by atoms with Crippen LogP contribution in [0.5, 0.6) is 5.75 Å². The fraction of sp³-hybridized carbons (Fsp3) is 0.364. The normalized spacial score (nSPS) is 12.1. The average molecular weight is 243 g/mol. The van der Waals surface area contributed by atoms with Crippen LogP contribution in [0, 0.1) is 0 Å². The topological polar surface area (TPSA) is 55.6 Å². The zero-order chi connectivity index (χ0) is 12.3. The predicted octanol–water partition coefficient (Wildman–Crippen LogP) is 1.78. The number of halogens is 1. The molecule has 0 spiro atoms. The van der Waals surface area contributed by atoms with Gasteiger partial charge in [0, 0.05) is 7.05 Å². The highest BCUT2D eigenvalue weighted by Crippen LogP contribution is 2.28. The monoisotopic (exact) mass is 242 g/mol. The number of nitrogens with two attached hydrogens (primary N) is 1. The molecule has 2 N–H and O–H groups in total. The molecular formula is C11H15ClN2O2. The molecule has 88 valence electrons. The number of hydrogen-bond acceptors (Lipinski definition) is 3. The molecule has 0 aromatic heterocycles. The van der Waals surface area contributed by atoms with Gasteiger partial charge in [0.15, 0.2) is 0 Å². The van der Waals surface area contributed by atoms with Crippen molar-refractivity contribution in [2.45, 2.75) is 12.8 Å². The lowest BCUT2D eigenvalue weighted by molar-refractivity contribution is -0.131. The number of carbonyl (C=O) groups excluding carboxylic acids is 1. The second-order valence-corrected chi connectivity index (χ2v) is 3.97. The molecule has 0 saturated carbocycles. The molecule has 16 heavy (non-hydrogen) atoms. The lowest BCUT2D eigenvalue weighted by Crippen LogP contribution is -2.36. The number of carbonyl (C=O) groups is 1. The SMILES string of the molecule is COc1ccc(C(C)C(=O)N(C)N)cc1Cl. The van der Waals surface area contributed by atoms with E-state index in [0.29, 0.717) is 10.8 Å². The zero-order valence-corrected chi connectivity index (χ0v) is 10.3. The second kappa shape index (κ2) is 5.18. The second-order valence-electron chi connectivity index (χ2n) is 3.56. The number of benzene rings is 1. The number of amides is 1. The van der Waals surface area contributed by atoms with Crippen LogP contribution in [0.15, 0.2) is 18.2 Å². The maximum absolute atomic E-state index is 11.6. The van der Waals surface area contributed by atoms with E-state index in [9.17, 15) is 4.79 Å². The van der Waals surface area contributed by atoms with Gasteiger partial charge in [0.05, 0.1) is 18.1 Å². The third kappa shape index (κ3) is 2.65. The fourth-order valence-corrected chi connectivity index (χ4v) is 1.67. The number of nitrogens with zero attached hydrogens (tertiary/aromatic N) is 1. The van der Waals surface area contributed by atoms with Crippen LogP contribution >= 0.6 is 11.6 Å². The van der Waals surface area contributed by atoms with Crippen molar-refractivity contribution >= 4 is 17.5 Å². The first-order chi connectivity index (χ1) is 7.47. The Bertz CT molecular complexity index is 394. The third-order valence-electron chi connectivity index (χ3n) is 2.39. The van der Waals surface area contributed by atoms with Crippen LogP contribution in [-0.2, 0) is 4.79 Å². The molecule has 0 aliphatic rings. The summed E-state index contributed by atoms with van der Waals surface area (Å²) in [5.74, 6) is 5.50. The minimum atomic E-state index is -0.321. The lowest BCUT2D eigenvalue weighted by Gasteiger charge is -2.17. The molecule has 1 aromatic carbocycles. The Hall–Kier alpha value is -1.26. The van der Waals surface area contributed by atoms with E-state index in [4.69, 9.17) is 22.2 Å². The van der Waals surface area contributed by atoms with Crippen molar-refractivity contribution in [3.05, 3.63) is 28.8 Å². The highest BCUT2D eigenvalue weighted by Gasteiger charge is 2.18. The third-order valence-corrected chi connectivity index (χ3v) is 2.69. The summed E-state index contributed by atoms with van der Waals surface area (Å²) >= 11 is 5.98. The van der Waals surface area contributed by atoms with Crippen LogP contribution in [0.25, 0.3) is 0 Å². The van der Waals surface area contributed by atoms with Gasteiger partial charge in [0.1, 0.15) is 5.75 Å². The molecular weight excluding hydrogens is 228 g/mol. The molecule has 1 atom stereocenters. The number of ether oxygens (including phenoxy) is 1. The van der Waals surface area contributed by atoms with Crippen molar-refractivity contribution in [2.24, 2.45) is 5.84 Å². The highest BCUT2D eigenvalue weighted by atomic mass is 35.5. The first-order valence-electron chi connectivity index (χ1n) is 4.83. The van der Waals surface area contributed by atoms with Gasteiger partial charge < -0.3 is 4.74 Å². The standard InChI is InChI=1S/C11H15ClN2O2/c1-7(11(15)14(2)13)8-4-5-10(16-3)9(12)6-8/h4-7H,13H2,1-3H3. The number of likely N-dealkylation sites (N-methyl/N-ethyl adjacent to an activating group) is 1. The zero-order valence-electron chi connectivity index (χ0n) is 9.53. The van der Waals surface area contributed by atoms with Gasteiger partial charge in [-0.2, -0.15) is 0 Å². The Morgan fingerprint density at radius 3 is 2.62 bits per heavy atom. The summed E-state index contributed by atoms with van der Waals surface area (Å²) < 4.78 is 5.04. The van der Waals surface area contributed by atoms with E-state index in [1.165, 1.54) is 7.05 Å². The molecule has 4 nitrogen and oxygen atoms in total. The lowest BCUT2D eigenvalue weighted by atomic mass is 10.0. The summed E-state index contributed by atoms with van der Waals surface area (Å²) in [6.07, 6.45) is 0. The van der Waals surface area contributed by atoms with Crippen molar-refractivity contribution in [2.75, 3.05) is 14.2 Å². The molecule has 0 saturated heterocycles. The summed E-state index contributed by atoms with van der Waals surface area (Å²) in [4.78, 5) is 11.6. The van der Waals surface area contributed by atoms with Gasteiger partial charge >= 0.3 is 0 Å². The predicted molar refractivity (Wildman–Crippen MR) is 63.4 cm³/mol. The fourth-order valence-electron chi connectivity index (χ4n) is 1.40. The van der Waals surface area contributed by atoms with Gasteiger partial charge in [-0.25, -0.2) is 5.84 Å². The number of methoxy groups -OCH3 is 1. The molecule has 1 aromatic rings. The van der Waals surface area contributed by atoms with Gasteiger partial charge in [-0.05, 0) is 24.6 Å². The Labute approximate surface area is 99.9 Å². The van der Waals surface area contributed by atoms with Gasteiger partial charge in [0.2, 0.25) is 5.91 Å². The van der Waals surface area contributed by atoms with E-state index in [0.717, 1.165) is 10.6 Å². The van der Waals surface area contributed by atoms with Crippen LogP contribution < -0.4 is 10.6 Å². The molecule has 1 amide bonds. The van der Waals surface area contributed by atoms with Gasteiger partial charge in [0.25, 0.3) is 0 Å². The van der Waals surface area contributed by atoms with Crippen LogP contribution in [0.4, 0.5) is 0 Å². The first-order valence-corrected chi connectivity index (χ1v) is 5.21. The minimum absolute atomic E-state index is 0.166. The van der Waals surface area contributed by atoms with E-state index < -0.39 is 0 Å². The molecule has 0 aliphatic carbocycles. The van der Waals surface area contributed by atoms with Crippen LogP contribution in [0.1, 0.15) is 18.4 Å². The van der Waals surface area contributed by atoms with Crippen LogP contribution in [0.2, 0.25) is 5.02 Å². The summed E-state index contributed by atoms with van der Waals surface area (Å²) in [7, 11) is 3.06. The van der Waals surface area contributed by atoms with Crippen molar-refractivity contribution < 1.29 is 9.53 Å². The molecule has 0 aliphatic heterocycles. The Morgan fingerprint density at radius 1 is 1.56 bits per heavy atom. The van der Waals surface area contributed by atoms with Crippen molar-refractivity contribution in [3.63, 3.8) is 0 Å². The summed E-state index contributed by atoms with van der Waals surface area (Å²) in [5.41, 5.74) is 0.813. The molecule has 0 heterocycles. The number of hydrogen-bond donors (Lipinski definition) is 1. The van der Waals surface area contributed by atoms with E-state index in [2.05, 4.69) is 0 Å². The van der Waals surface area contributed by atoms with Crippen LogP contribution in [0.3, 0.4) is 0 Å². The van der Waals surface area contributed by atoms with Crippen molar-refractivity contribution in [1.29, 1.82) is 0 Å². The smallest absolute Gasteiger partial charge is 0.243 e. The molecule has 1 unspecified atom stereocenters. The van der Waals surface area contributed by atoms with E-state index in [1.54, 1.807) is 32.2 Å². The van der Waals surface area contributed by atoms with E-state index in [1.807, 2.05) is 0 Å². The average Bonchev–Trinajstić information content (AvgIpc) is 2.26. The minimum Gasteiger partial charge on any atom is -0.495 e. The first kappa shape index (κ1) is 12.8. The van der Waals surface area contributed by atoms with Gasteiger partial charge in [-0.15, -0.1) is 0 Å². The van der Waals surface area contributed by atoms with Crippen LogP contribution in [-0.4, -0.2) is 25.1 Å². The number of rotatable bonds is 3. The summed E-state index contributed by atoms with van der Waals surface area (Å²) in [6.45, 7) is 1.78. The summed E-state index contributed by atoms with van der Waals surface area (Å²) in [6, 6.07) is 5.25. The molecule has 1 rings (SSSR count). The Kier molecular flexibility index (Phi) is 4.15. The van der Waals surface area contributed by atoms with Crippen molar-refractivity contribution in [3.8, 4) is 5.75 Å². The molecule has 0 bridgehead atoms. The largest absolute Gasteiger partial charge is 0.495 e. The van der Waals surface area contributed by atoms with Gasteiger partial charge in [-0.3, -0.25) is 9.80 Å². The Balaban J connectivity index is 2.97. The van der Waals surface area contributed by atoms with E-state index >= 15 is 0 Å².